The topological polar surface area (TPSA) is 125 Å². The van der Waals surface area contributed by atoms with Crippen LogP contribution in [0.25, 0.3) is 21.5 Å². The van der Waals surface area contributed by atoms with Crippen molar-refractivity contribution in [3.8, 4) is 10.6 Å². The summed E-state index contributed by atoms with van der Waals surface area (Å²) in [6, 6.07) is 12.9. The number of halogens is 1. The highest BCUT2D eigenvalue weighted by atomic mass is 35.5. The normalized spacial score (nSPS) is 17.8. The highest BCUT2D eigenvalue weighted by molar-refractivity contribution is 7.19. The van der Waals surface area contributed by atoms with Crippen LogP contribution in [0.15, 0.2) is 47.0 Å². The molecule has 0 radical (unpaired) electrons. The lowest BCUT2D eigenvalue weighted by Gasteiger charge is -2.34. The number of rotatable bonds is 9. The second-order valence-corrected chi connectivity index (χ2v) is 12.7. The Morgan fingerprint density at radius 2 is 1.98 bits per heavy atom. The Morgan fingerprint density at radius 1 is 1.16 bits per heavy atom. The van der Waals surface area contributed by atoms with Crippen molar-refractivity contribution in [3.63, 3.8) is 0 Å². The van der Waals surface area contributed by atoms with Gasteiger partial charge in [0.25, 0.3) is 5.91 Å². The number of ether oxygens (including phenoxy) is 3. The summed E-state index contributed by atoms with van der Waals surface area (Å²) in [5.41, 5.74) is 2.14. The molecular formula is C30H31ClN4O7S. The molecule has 11 nitrogen and oxygen atoms in total. The number of hydrogen-bond acceptors (Lipinski definition) is 10. The summed E-state index contributed by atoms with van der Waals surface area (Å²) in [5.74, 6) is -0.175. The van der Waals surface area contributed by atoms with Crippen molar-refractivity contribution >= 4 is 51.9 Å². The number of hydrogen-bond donors (Lipinski definition) is 1. The van der Waals surface area contributed by atoms with E-state index in [1.165, 1.54) is 11.3 Å². The zero-order chi connectivity index (χ0) is 30.1. The van der Waals surface area contributed by atoms with Gasteiger partial charge >= 0.3 is 12.1 Å². The average molecular weight is 627 g/mol. The maximum atomic E-state index is 13.7. The van der Waals surface area contributed by atoms with Crippen LogP contribution in [-0.2, 0) is 20.8 Å². The molecule has 226 valence electrons. The Bertz CT molecular complexity index is 1650. The van der Waals surface area contributed by atoms with Gasteiger partial charge in [0, 0.05) is 42.1 Å². The fourth-order valence-electron chi connectivity index (χ4n) is 5.39. The maximum absolute atomic E-state index is 13.7. The van der Waals surface area contributed by atoms with Gasteiger partial charge in [0.05, 0.1) is 21.3 Å². The Balaban J connectivity index is 1.25. The number of thiophene rings is 1. The molecule has 2 aliphatic heterocycles. The number of benzene rings is 1. The smallest absolute Gasteiger partial charge is 0.458 e. The van der Waals surface area contributed by atoms with E-state index in [-0.39, 0.29) is 31.7 Å². The van der Waals surface area contributed by atoms with Crippen molar-refractivity contribution in [1.29, 1.82) is 0 Å². The number of amides is 1. The van der Waals surface area contributed by atoms with Gasteiger partial charge in [0.2, 0.25) is 0 Å². The first kappa shape index (κ1) is 29.2. The van der Waals surface area contributed by atoms with E-state index >= 15 is 0 Å². The number of piperidine rings is 1. The number of esters is 1. The summed E-state index contributed by atoms with van der Waals surface area (Å²) < 4.78 is 23.1. The predicted molar refractivity (Wildman–Crippen MR) is 160 cm³/mol. The second kappa shape index (κ2) is 12.4. The van der Waals surface area contributed by atoms with Crippen LogP contribution in [-0.4, -0.2) is 77.1 Å². The van der Waals surface area contributed by atoms with Crippen LogP contribution in [0.3, 0.4) is 0 Å². The van der Waals surface area contributed by atoms with Gasteiger partial charge in [-0.1, -0.05) is 16.8 Å². The van der Waals surface area contributed by atoms with Gasteiger partial charge in [-0.2, -0.15) is 0 Å². The SMILES string of the molecule is CC(C)N1CCC(NC(=O)c2cc3cc(C(=O)OCC4COC(=O)O4)ccc3n2Cc2cc(-c3ccc(Cl)s3)on2)CC1. The maximum Gasteiger partial charge on any atom is 0.508 e. The number of cyclic esters (lactones) is 2. The van der Waals surface area contributed by atoms with Gasteiger partial charge in [-0.3, -0.25) is 4.79 Å². The third-order valence-electron chi connectivity index (χ3n) is 7.71. The summed E-state index contributed by atoms with van der Waals surface area (Å²) in [5, 5.41) is 8.16. The Morgan fingerprint density at radius 3 is 2.67 bits per heavy atom. The van der Waals surface area contributed by atoms with Crippen molar-refractivity contribution in [2.75, 3.05) is 26.3 Å². The molecule has 0 saturated carbocycles. The molecule has 4 aromatic rings. The molecule has 1 atom stereocenters. The monoisotopic (exact) mass is 626 g/mol. The van der Waals surface area contributed by atoms with Crippen molar-refractivity contribution in [1.82, 2.24) is 19.9 Å². The number of carbonyl (C=O) groups excluding carboxylic acids is 3. The molecule has 0 bridgehead atoms. The molecule has 1 unspecified atom stereocenters. The summed E-state index contributed by atoms with van der Waals surface area (Å²) in [6.45, 7) is 6.42. The van der Waals surface area contributed by atoms with Crippen molar-refractivity contribution < 1.29 is 33.1 Å². The Kier molecular flexibility index (Phi) is 8.42. The van der Waals surface area contributed by atoms with Crippen LogP contribution in [0.4, 0.5) is 4.79 Å². The van der Waals surface area contributed by atoms with E-state index < -0.39 is 18.2 Å². The molecule has 2 saturated heterocycles. The number of carbonyl (C=O) groups is 3. The molecule has 0 spiro atoms. The molecule has 5 heterocycles. The number of fused-ring (bicyclic) bond motifs is 1. The Hall–Kier alpha value is -3.87. The molecule has 2 aliphatic rings. The molecule has 1 amide bonds. The summed E-state index contributed by atoms with van der Waals surface area (Å²) in [4.78, 5) is 40.9. The van der Waals surface area contributed by atoms with Crippen LogP contribution in [0.1, 0.15) is 53.2 Å². The first-order valence-corrected chi connectivity index (χ1v) is 15.3. The lowest BCUT2D eigenvalue weighted by Crippen LogP contribution is -2.46. The average Bonchev–Trinajstić information content (AvgIpc) is 3.79. The van der Waals surface area contributed by atoms with Gasteiger partial charge in [0.1, 0.15) is 24.6 Å². The Labute approximate surface area is 256 Å². The third kappa shape index (κ3) is 6.56. The van der Waals surface area contributed by atoms with Crippen molar-refractivity contribution in [2.24, 2.45) is 0 Å². The van der Waals surface area contributed by atoms with Gasteiger partial charge < -0.3 is 33.5 Å². The number of nitrogens with one attached hydrogen (secondary N) is 1. The van der Waals surface area contributed by atoms with Crippen LogP contribution >= 0.6 is 22.9 Å². The molecule has 6 rings (SSSR count). The summed E-state index contributed by atoms with van der Waals surface area (Å²) in [6.07, 6.45) is 0.328. The van der Waals surface area contributed by atoms with Gasteiger partial charge in [-0.05, 0) is 63.1 Å². The zero-order valence-electron chi connectivity index (χ0n) is 23.7. The molecule has 2 fully saturated rings. The van der Waals surface area contributed by atoms with Crippen LogP contribution in [0, 0.1) is 0 Å². The molecule has 0 aliphatic carbocycles. The molecular weight excluding hydrogens is 596 g/mol. The van der Waals surface area contributed by atoms with Crippen LogP contribution < -0.4 is 5.32 Å². The number of aromatic nitrogens is 2. The molecule has 43 heavy (non-hydrogen) atoms. The van der Waals surface area contributed by atoms with Crippen molar-refractivity contribution in [3.05, 3.63) is 63.8 Å². The van der Waals surface area contributed by atoms with E-state index in [2.05, 4.69) is 29.2 Å². The fourth-order valence-corrected chi connectivity index (χ4v) is 6.38. The van der Waals surface area contributed by atoms with E-state index in [1.54, 1.807) is 30.3 Å². The van der Waals surface area contributed by atoms with E-state index in [0.717, 1.165) is 36.3 Å². The van der Waals surface area contributed by atoms with E-state index in [1.807, 2.05) is 16.7 Å². The largest absolute Gasteiger partial charge is 0.508 e. The number of likely N-dealkylation sites (tertiary alicyclic amines) is 1. The number of nitrogens with zero attached hydrogens (tertiary/aromatic N) is 3. The standard InChI is InChI=1S/C30H31ClN4O7S/c1-17(2)34-9-7-20(8-10-34)32-28(36)24-12-19-11-18(29(37)39-15-22-16-40-30(38)41-22)3-4-23(19)35(24)14-21-13-25(42-33-21)26-5-6-27(31)43-26/h3-6,11-13,17,20,22H,7-10,14-16H2,1-2H3,(H,32,36). The van der Waals surface area contributed by atoms with Crippen molar-refractivity contribution in [2.45, 2.75) is 51.4 Å². The minimum atomic E-state index is -0.779. The highest BCUT2D eigenvalue weighted by Crippen LogP contribution is 2.32. The van der Waals surface area contributed by atoms with Crippen LogP contribution in [0.5, 0.6) is 0 Å². The predicted octanol–water partition coefficient (Wildman–Crippen LogP) is 5.35. The van der Waals surface area contributed by atoms with Gasteiger partial charge in [-0.25, -0.2) is 9.59 Å². The zero-order valence-corrected chi connectivity index (χ0v) is 25.3. The minimum Gasteiger partial charge on any atom is -0.458 e. The lowest BCUT2D eigenvalue weighted by molar-refractivity contribution is 0.0300. The third-order valence-corrected chi connectivity index (χ3v) is 8.96. The van der Waals surface area contributed by atoms with Gasteiger partial charge in [-0.15, -0.1) is 11.3 Å². The minimum absolute atomic E-state index is 0.0340. The lowest BCUT2D eigenvalue weighted by atomic mass is 10.0. The highest BCUT2D eigenvalue weighted by Gasteiger charge is 2.28. The quantitative estimate of drug-likeness (QED) is 0.245. The van der Waals surface area contributed by atoms with E-state index in [0.29, 0.717) is 38.5 Å². The molecule has 1 aromatic carbocycles. The van der Waals surface area contributed by atoms with Gasteiger partial charge in [0.15, 0.2) is 11.9 Å². The summed E-state index contributed by atoms with van der Waals surface area (Å²) in [7, 11) is 0. The molecule has 3 aromatic heterocycles. The van der Waals surface area contributed by atoms with E-state index in [9.17, 15) is 14.4 Å². The molecule has 13 heteroatoms. The summed E-state index contributed by atoms with van der Waals surface area (Å²) >= 11 is 7.49. The second-order valence-electron chi connectivity index (χ2n) is 11.0. The van der Waals surface area contributed by atoms with E-state index in [4.69, 9.17) is 30.3 Å². The first-order valence-electron chi connectivity index (χ1n) is 14.1. The first-order chi connectivity index (χ1) is 20.7. The van der Waals surface area contributed by atoms with Crippen LogP contribution in [0.2, 0.25) is 4.34 Å². The fraction of sp³-hybridized carbons (Fsp3) is 0.400. The molecule has 1 N–H and O–H groups in total.